The summed E-state index contributed by atoms with van der Waals surface area (Å²) in [5, 5.41) is 0. The largest absolute Gasteiger partial charge is 0.447 e. The van der Waals surface area contributed by atoms with E-state index in [4.69, 9.17) is 4.55 Å². The van der Waals surface area contributed by atoms with Crippen LogP contribution in [0.15, 0.2) is 0 Å². The van der Waals surface area contributed by atoms with E-state index >= 15 is 0 Å². The highest BCUT2D eigenvalue weighted by molar-refractivity contribution is 7.85. The van der Waals surface area contributed by atoms with E-state index in [1.807, 2.05) is 0 Å². The van der Waals surface area contributed by atoms with Gasteiger partial charge in [0.05, 0.1) is 0 Å². The van der Waals surface area contributed by atoms with Gasteiger partial charge in [0.15, 0.2) is 0 Å². The van der Waals surface area contributed by atoms with Crippen LogP contribution in [0.3, 0.4) is 0 Å². The highest BCUT2D eigenvalue weighted by Crippen LogP contribution is 1.83. The number of hydrogen-bond donors (Lipinski definition) is 1. The Morgan fingerprint density at radius 3 is 2.10 bits per heavy atom. The molecular formula is C3H6MgO5S. The number of carbonyl (C=O) groups excluding carboxylic acids is 1. The summed E-state index contributed by atoms with van der Waals surface area (Å²) in [5.41, 5.74) is 0. The van der Waals surface area contributed by atoms with Crippen molar-refractivity contribution in [3.63, 3.8) is 0 Å². The summed E-state index contributed by atoms with van der Waals surface area (Å²) in [7, 11) is -4.16. The summed E-state index contributed by atoms with van der Waals surface area (Å²) in [4.78, 5) is 9.89. The zero-order valence-electron chi connectivity index (χ0n) is 5.40. The number of hydrogen-bond acceptors (Lipinski definition) is 4. The highest BCUT2D eigenvalue weighted by Gasteiger charge is 2.04. The minimum Gasteiger partial charge on any atom is -0.447 e. The molecule has 0 rings (SSSR count). The Hall–Kier alpha value is 0.146. The summed E-state index contributed by atoms with van der Waals surface area (Å²) < 4.78 is 31.5. The number of carbonyl (C=O) groups is 1. The van der Waals surface area contributed by atoms with Crippen LogP contribution in [0.4, 0.5) is 0 Å². The lowest BCUT2D eigenvalue weighted by Gasteiger charge is -1.95. The van der Waals surface area contributed by atoms with Gasteiger partial charge in [-0.1, -0.05) is 0 Å². The molecule has 0 atom stereocenters. The standard InChI is InChI=1S/C3H6O5S.Mg/c1-3(4)8-2-9(5,6)7;/h2H2,1H3,(H,5,6,7);. The molecule has 56 valence electrons. The fraction of sp³-hybridized carbons (Fsp3) is 0.667. The molecule has 0 aromatic carbocycles. The maximum atomic E-state index is 9.89. The normalized spacial score (nSPS) is 9.80. The molecule has 0 heterocycles. The molecule has 7 heteroatoms. The Kier molecular flexibility index (Phi) is 6.25. The maximum Gasteiger partial charge on any atom is 0.303 e. The molecule has 0 aromatic rings. The molecule has 0 saturated carbocycles. The summed E-state index contributed by atoms with van der Waals surface area (Å²) in [6.07, 6.45) is 0. The lowest BCUT2D eigenvalue weighted by atomic mass is 10.8. The van der Waals surface area contributed by atoms with Crippen molar-refractivity contribution >= 4 is 39.1 Å². The van der Waals surface area contributed by atoms with Crippen LogP contribution >= 0.6 is 0 Å². The van der Waals surface area contributed by atoms with Crippen molar-refractivity contribution < 1.29 is 22.5 Å². The van der Waals surface area contributed by atoms with Crippen molar-refractivity contribution in [1.29, 1.82) is 0 Å². The predicted molar refractivity (Wildman–Crippen MR) is 33.9 cm³/mol. The van der Waals surface area contributed by atoms with Crippen LogP contribution in [0.2, 0.25) is 0 Å². The van der Waals surface area contributed by atoms with Crippen LogP contribution in [0.25, 0.3) is 0 Å². The third kappa shape index (κ3) is 11.0. The first-order chi connectivity index (χ1) is 3.92. The van der Waals surface area contributed by atoms with E-state index in [2.05, 4.69) is 4.74 Å². The molecule has 0 bridgehead atoms. The zero-order valence-corrected chi connectivity index (χ0v) is 7.63. The molecule has 2 radical (unpaired) electrons. The first-order valence-electron chi connectivity index (χ1n) is 2.00. The van der Waals surface area contributed by atoms with Gasteiger partial charge in [-0.05, 0) is 0 Å². The van der Waals surface area contributed by atoms with E-state index in [9.17, 15) is 13.2 Å². The highest BCUT2D eigenvalue weighted by atomic mass is 32.2. The van der Waals surface area contributed by atoms with Gasteiger partial charge in [-0.2, -0.15) is 8.42 Å². The lowest BCUT2D eigenvalue weighted by molar-refractivity contribution is -0.139. The Balaban J connectivity index is 0. The molecule has 0 aliphatic heterocycles. The van der Waals surface area contributed by atoms with Crippen molar-refractivity contribution in [2.75, 3.05) is 5.94 Å². The van der Waals surface area contributed by atoms with Crippen molar-refractivity contribution in [2.45, 2.75) is 6.92 Å². The molecule has 0 amide bonds. The van der Waals surface area contributed by atoms with Crippen molar-refractivity contribution in [3.8, 4) is 0 Å². The lowest BCUT2D eigenvalue weighted by Crippen LogP contribution is -2.10. The fourth-order valence-electron chi connectivity index (χ4n) is 0.157. The third-order valence-corrected chi connectivity index (χ3v) is 0.827. The van der Waals surface area contributed by atoms with Gasteiger partial charge < -0.3 is 4.74 Å². The van der Waals surface area contributed by atoms with Gasteiger partial charge in [-0.3, -0.25) is 9.35 Å². The van der Waals surface area contributed by atoms with Gasteiger partial charge >= 0.3 is 16.1 Å². The van der Waals surface area contributed by atoms with Gasteiger partial charge in [-0.25, -0.2) is 0 Å². The van der Waals surface area contributed by atoms with Crippen LogP contribution in [0.1, 0.15) is 6.92 Å². The van der Waals surface area contributed by atoms with Gasteiger partial charge in [0.25, 0.3) is 0 Å². The van der Waals surface area contributed by atoms with Crippen LogP contribution in [0.5, 0.6) is 0 Å². The Labute approximate surface area is 74.6 Å². The SMILES string of the molecule is CC(=O)OCS(=O)(=O)O.[Mg]. The second-order valence-electron chi connectivity index (χ2n) is 1.34. The second kappa shape index (κ2) is 4.89. The number of ether oxygens (including phenoxy) is 1. The van der Waals surface area contributed by atoms with Crippen LogP contribution in [0, 0.1) is 0 Å². The summed E-state index contributed by atoms with van der Waals surface area (Å²) in [6, 6.07) is 0. The van der Waals surface area contributed by atoms with Crippen molar-refractivity contribution in [2.24, 2.45) is 0 Å². The molecule has 0 aromatic heterocycles. The first-order valence-corrected chi connectivity index (χ1v) is 3.61. The topological polar surface area (TPSA) is 80.7 Å². The Morgan fingerprint density at radius 2 is 2.00 bits per heavy atom. The summed E-state index contributed by atoms with van der Waals surface area (Å²) >= 11 is 0. The van der Waals surface area contributed by atoms with E-state index in [1.165, 1.54) is 0 Å². The number of esters is 1. The quantitative estimate of drug-likeness (QED) is 0.334. The monoisotopic (exact) mass is 178 g/mol. The van der Waals surface area contributed by atoms with Crippen LogP contribution in [-0.2, 0) is 19.6 Å². The summed E-state index contributed by atoms with van der Waals surface area (Å²) in [5.74, 6) is -1.71. The average Bonchev–Trinajstić information content (AvgIpc) is 1.59. The van der Waals surface area contributed by atoms with E-state index in [-0.39, 0.29) is 23.1 Å². The molecule has 5 nitrogen and oxygen atoms in total. The fourth-order valence-corrected chi connectivity index (χ4v) is 0.472. The Bertz CT molecular complexity index is 195. The predicted octanol–water partition coefficient (Wildman–Crippen LogP) is -0.986. The average molecular weight is 178 g/mol. The zero-order chi connectivity index (χ0) is 7.49. The first kappa shape index (κ1) is 12.8. The Morgan fingerprint density at radius 1 is 1.60 bits per heavy atom. The van der Waals surface area contributed by atoms with E-state index in [1.54, 1.807) is 0 Å². The minimum atomic E-state index is -4.16. The smallest absolute Gasteiger partial charge is 0.303 e. The van der Waals surface area contributed by atoms with Crippen molar-refractivity contribution in [3.05, 3.63) is 0 Å². The maximum absolute atomic E-state index is 9.89. The van der Waals surface area contributed by atoms with E-state index in [0.29, 0.717) is 0 Å². The molecule has 0 saturated heterocycles. The summed E-state index contributed by atoms with van der Waals surface area (Å²) in [6.45, 7) is 1.05. The third-order valence-electron chi connectivity index (χ3n) is 0.411. The second-order valence-corrected chi connectivity index (χ2v) is 2.74. The van der Waals surface area contributed by atoms with Crippen LogP contribution < -0.4 is 0 Å². The van der Waals surface area contributed by atoms with Crippen LogP contribution in [-0.4, -0.2) is 47.9 Å². The molecule has 1 N–H and O–H groups in total. The molecule has 0 aliphatic carbocycles. The van der Waals surface area contributed by atoms with E-state index < -0.39 is 22.0 Å². The minimum absolute atomic E-state index is 0. The molecule has 0 aliphatic rings. The molecule has 0 fully saturated rings. The molecule has 0 unspecified atom stereocenters. The number of rotatable bonds is 2. The molecule has 0 spiro atoms. The van der Waals surface area contributed by atoms with Crippen molar-refractivity contribution in [1.82, 2.24) is 0 Å². The van der Waals surface area contributed by atoms with Gasteiger partial charge in [0.2, 0.25) is 5.94 Å². The van der Waals surface area contributed by atoms with E-state index in [0.717, 1.165) is 6.92 Å². The van der Waals surface area contributed by atoms with Gasteiger partial charge in [0.1, 0.15) is 0 Å². The molecule has 10 heavy (non-hydrogen) atoms. The van der Waals surface area contributed by atoms with Gasteiger partial charge in [-0.15, -0.1) is 0 Å². The molecular weight excluding hydrogens is 172 g/mol. The van der Waals surface area contributed by atoms with Gasteiger partial charge in [0, 0.05) is 30.0 Å².